The summed E-state index contributed by atoms with van der Waals surface area (Å²) < 4.78 is 15.9. The van der Waals surface area contributed by atoms with E-state index in [9.17, 15) is 9.59 Å². The summed E-state index contributed by atoms with van der Waals surface area (Å²) in [6.07, 6.45) is 3.62. The Labute approximate surface area is 171 Å². The van der Waals surface area contributed by atoms with Crippen molar-refractivity contribution in [1.29, 1.82) is 0 Å². The summed E-state index contributed by atoms with van der Waals surface area (Å²) in [7, 11) is 4.63. The predicted molar refractivity (Wildman–Crippen MR) is 110 cm³/mol. The summed E-state index contributed by atoms with van der Waals surface area (Å²) in [5.74, 6) is 1.40. The van der Waals surface area contributed by atoms with E-state index in [0.717, 1.165) is 24.8 Å². The van der Waals surface area contributed by atoms with Crippen LogP contribution in [0, 0.1) is 0 Å². The van der Waals surface area contributed by atoms with E-state index < -0.39 is 0 Å². The van der Waals surface area contributed by atoms with E-state index in [2.05, 4.69) is 5.32 Å². The summed E-state index contributed by atoms with van der Waals surface area (Å²) in [4.78, 5) is 24.7. The number of carbonyl (C=O) groups is 2. The van der Waals surface area contributed by atoms with Crippen LogP contribution in [-0.2, 0) is 24.2 Å². The predicted octanol–water partition coefficient (Wildman–Crippen LogP) is 3.48. The van der Waals surface area contributed by atoms with E-state index in [-0.39, 0.29) is 24.5 Å². The lowest BCUT2D eigenvalue weighted by Gasteiger charge is -2.14. The molecule has 0 aromatic heterocycles. The van der Waals surface area contributed by atoms with E-state index in [0.29, 0.717) is 29.4 Å². The molecule has 6 nitrogen and oxygen atoms in total. The number of rotatable bonds is 9. The van der Waals surface area contributed by atoms with Gasteiger partial charge in [-0.3, -0.25) is 9.59 Å². The summed E-state index contributed by atoms with van der Waals surface area (Å²) in [6.45, 7) is 0.308. The van der Waals surface area contributed by atoms with Gasteiger partial charge in [0, 0.05) is 24.9 Å². The van der Waals surface area contributed by atoms with E-state index in [1.807, 2.05) is 18.2 Å². The van der Waals surface area contributed by atoms with Crippen LogP contribution >= 0.6 is 0 Å². The largest absolute Gasteiger partial charge is 0.493 e. The monoisotopic (exact) mass is 397 g/mol. The Morgan fingerprint density at radius 2 is 1.59 bits per heavy atom. The molecule has 1 N–H and O–H groups in total. The van der Waals surface area contributed by atoms with Crippen LogP contribution in [0.3, 0.4) is 0 Å². The number of nitrogens with one attached hydrogen (secondary N) is 1. The third-order valence-corrected chi connectivity index (χ3v) is 5.21. The number of carbonyl (C=O) groups excluding carboxylic acids is 2. The highest BCUT2D eigenvalue weighted by Gasteiger charge is 2.16. The molecule has 0 saturated carbocycles. The second kappa shape index (κ2) is 9.45. The lowest BCUT2D eigenvalue weighted by molar-refractivity contribution is -0.121. The third kappa shape index (κ3) is 4.88. The Bertz CT molecular complexity index is 881. The number of hydrogen-bond donors (Lipinski definition) is 1. The maximum Gasteiger partial charge on any atom is 0.220 e. The van der Waals surface area contributed by atoms with Gasteiger partial charge in [0.1, 0.15) is 0 Å². The molecule has 3 rings (SSSR count). The fourth-order valence-corrected chi connectivity index (χ4v) is 3.64. The van der Waals surface area contributed by atoms with Gasteiger partial charge in [-0.25, -0.2) is 0 Å². The number of aryl methyl sites for hydroxylation is 2. The molecule has 6 heteroatoms. The molecule has 29 heavy (non-hydrogen) atoms. The van der Waals surface area contributed by atoms with Crippen molar-refractivity contribution in [2.45, 2.75) is 38.6 Å². The second-order valence-electron chi connectivity index (χ2n) is 7.07. The van der Waals surface area contributed by atoms with Crippen LogP contribution in [-0.4, -0.2) is 33.0 Å². The number of ether oxygens (including phenoxy) is 3. The van der Waals surface area contributed by atoms with Crippen molar-refractivity contribution < 1.29 is 23.8 Å². The molecular weight excluding hydrogens is 370 g/mol. The maximum absolute atomic E-state index is 12.4. The highest BCUT2D eigenvalue weighted by Crippen LogP contribution is 2.38. The Morgan fingerprint density at radius 3 is 2.24 bits per heavy atom. The van der Waals surface area contributed by atoms with Crippen LogP contribution < -0.4 is 19.5 Å². The van der Waals surface area contributed by atoms with Crippen LogP contribution in [0.25, 0.3) is 0 Å². The highest BCUT2D eigenvalue weighted by atomic mass is 16.5. The molecule has 0 atom stereocenters. The molecule has 1 aliphatic rings. The van der Waals surface area contributed by atoms with Gasteiger partial charge >= 0.3 is 0 Å². The van der Waals surface area contributed by atoms with Gasteiger partial charge in [-0.05, 0) is 54.2 Å². The summed E-state index contributed by atoms with van der Waals surface area (Å²) in [5.41, 5.74) is 4.12. The molecule has 1 aliphatic carbocycles. The zero-order valence-corrected chi connectivity index (χ0v) is 17.2. The molecule has 1 amide bonds. The maximum atomic E-state index is 12.4. The number of ketones is 1. The lowest BCUT2D eigenvalue weighted by Crippen LogP contribution is -2.23. The molecule has 0 saturated heterocycles. The van der Waals surface area contributed by atoms with E-state index in [1.165, 1.54) is 11.1 Å². The van der Waals surface area contributed by atoms with Crippen molar-refractivity contribution in [1.82, 2.24) is 5.32 Å². The molecular formula is C23H27NO5. The SMILES string of the molecule is COc1cc(CNC(=O)CCC(=O)c2ccc3c(c2)CCC3)cc(OC)c1OC. The van der Waals surface area contributed by atoms with E-state index in [1.54, 1.807) is 33.5 Å². The Kier molecular flexibility index (Phi) is 6.75. The molecule has 0 aliphatic heterocycles. The number of methoxy groups -OCH3 is 3. The zero-order valence-electron chi connectivity index (χ0n) is 17.2. The highest BCUT2D eigenvalue weighted by molar-refractivity contribution is 5.98. The average molecular weight is 397 g/mol. The van der Waals surface area contributed by atoms with Gasteiger partial charge in [0.2, 0.25) is 11.7 Å². The Morgan fingerprint density at radius 1 is 0.897 bits per heavy atom. The first kappa shape index (κ1) is 20.7. The van der Waals surface area contributed by atoms with Gasteiger partial charge in [0.25, 0.3) is 0 Å². The molecule has 2 aromatic rings. The number of fused-ring (bicyclic) bond motifs is 1. The second-order valence-corrected chi connectivity index (χ2v) is 7.07. The fraction of sp³-hybridized carbons (Fsp3) is 0.391. The van der Waals surface area contributed by atoms with Crippen molar-refractivity contribution in [2.75, 3.05) is 21.3 Å². The van der Waals surface area contributed by atoms with Crippen LogP contribution in [0.2, 0.25) is 0 Å². The normalized spacial score (nSPS) is 12.2. The summed E-state index contributed by atoms with van der Waals surface area (Å²) >= 11 is 0. The van der Waals surface area contributed by atoms with Crippen molar-refractivity contribution in [3.05, 3.63) is 52.6 Å². The molecule has 0 fully saturated rings. The van der Waals surface area contributed by atoms with Gasteiger partial charge in [-0.15, -0.1) is 0 Å². The van der Waals surface area contributed by atoms with Crippen molar-refractivity contribution in [3.8, 4) is 17.2 Å². The molecule has 0 bridgehead atoms. The standard InChI is InChI=1S/C23H27NO5/c1-27-20-11-15(12-21(28-2)23(20)29-3)14-24-22(26)10-9-19(25)18-8-7-16-5-4-6-17(16)13-18/h7-8,11-13H,4-6,9-10,14H2,1-3H3,(H,24,26). The summed E-state index contributed by atoms with van der Waals surface area (Å²) in [5, 5.41) is 2.84. The van der Waals surface area contributed by atoms with E-state index >= 15 is 0 Å². The number of Topliss-reactive ketones (excluding diaryl/α,β-unsaturated/α-hetero) is 1. The van der Waals surface area contributed by atoms with Gasteiger partial charge in [-0.2, -0.15) is 0 Å². The minimum Gasteiger partial charge on any atom is -0.493 e. The first-order chi connectivity index (χ1) is 14.0. The van der Waals surface area contributed by atoms with Gasteiger partial charge in [0.15, 0.2) is 17.3 Å². The smallest absolute Gasteiger partial charge is 0.220 e. The Hall–Kier alpha value is -3.02. The summed E-state index contributed by atoms with van der Waals surface area (Å²) in [6, 6.07) is 9.48. The van der Waals surface area contributed by atoms with Crippen molar-refractivity contribution in [3.63, 3.8) is 0 Å². The average Bonchev–Trinajstić information content (AvgIpc) is 3.22. The first-order valence-corrected chi connectivity index (χ1v) is 9.76. The first-order valence-electron chi connectivity index (χ1n) is 9.76. The van der Waals surface area contributed by atoms with Gasteiger partial charge in [-0.1, -0.05) is 12.1 Å². The third-order valence-electron chi connectivity index (χ3n) is 5.21. The lowest BCUT2D eigenvalue weighted by atomic mass is 10.0. The molecule has 154 valence electrons. The van der Waals surface area contributed by atoms with Gasteiger partial charge in [0.05, 0.1) is 21.3 Å². The molecule has 0 unspecified atom stereocenters. The number of hydrogen-bond acceptors (Lipinski definition) is 5. The number of benzene rings is 2. The van der Waals surface area contributed by atoms with Crippen molar-refractivity contribution >= 4 is 11.7 Å². The quantitative estimate of drug-likeness (QED) is 0.656. The molecule has 0 heterocycles. The van der Waals surface area contributed by atoms with Crippen molar-refractivity contribution in [2.24, 2.45) is 0 Å². The molecule has 0 spiro atoms. The topological polar surface area (TPSA) is 73.9 Å². The van der Waals surface area contributed by atoms with Crippen LogP contribution in [0.1, 0.15) is 46.3 Å². The zero-order chi connectivity index (χ0) is 20.8. The van der Waals surface area contributed by atoms with Crippen LogP contribution in [0.4, 0.5) is 0 Å². The van der Waals surface area contributed by atoms with E-state index in [4.69, 9.17) is 14.2 Å². The minimum atomic E-state index is -0.173. The Balaban J connectivity index is 1.54. The molecule has 2 aromatic carbocycles. The van der Waals surface area contributed by atoms with Crippen LogP contribution in [0.5, 0.6) is 17.2 Å². The number of amides is 1. The fourth-order valence-electron chi connectivity index (χ4n) is 3.64. The minimum absolute atomic E-state index is 0.00244. The van der Waals surface area contributed by atoms with Gasteiger partial charge < -0.3 is 19.5 Å². The molecule has 0 radical (unpaired) electrons. The van der Waals surface area contributed by atoms with Crippen LogP contribution in [0.15, 0.2) is 30.3 Å².